The first kappa shape index (κ1) is 18.3. The van der Waals surface area contributed by atoms with Crippen LogP contribution in [0.1, 0.15) is 56.7 Å². The predicted octanol–water partition coefficient (Wildman–Crippen LogP) is 5.68. The van der Waals surface area contributed by atoms with Gasteiger partial charge in [-0.1, -0.05) is 87.1 Å². The van der Waals surface area contributed by atoms with Crippen LogP contribution in [0.4, 0.5) is 0 Å². The number of unbranched alkanes of at least 4 members (excludes halogenated alkanes) is 2. The van der Waals surface area contributed by atoms with E-state index in [-0.39, 0.29) is 6.04 Å². The quantitative estimate of drug-likeness (QED) is 0.566. The monoisotopic (exact) mass is 319 g/mol. The maximum absolute atomic E-state index is 3.55. The van der Waals surface area contributed by atoms with E-state index in [2.05, 4.69) is 73.1 Å². The Hall–Kier alpha value is -2.04. The van der Waals surface area contributed by atoms with Crippen molar-refractivity contribution in [2.45, 2.75) is 45.6 Å². The first-order valence-corrected chi connectivity index (χ1v) is 9.20. The Balaban J connectivity index is 2.28. The molecule has 0 saturated carbocycles. The number of hydrogen-bond donors (Lipinski definition) is 0. The SMILES string of the molecule is CCCCN(CCCC)C(C#Cc1ccccc1)c1ccccc1. The van der Waals surface area contributed by atoms with Gasteiger partial charge in [0.2, 0.25) is 0 Å². The smallest absolute Gasteiger partial charge is 0.0974 e. The lowest BCUT2D eigenvalue weighted by Crippen LogP contribution is -2.30. The van der Waals surface area contributed by atoms with Gasteiger partial charge < -0.3 is 0 Å². The Morgan fingerprint density at radius 1 is 0.792 bits per heavy atom. The summed E-state index contributed by atoms with van der Waals surface area (Å²) in [6.45, 7) is 6.73. The van der Waals surface area contributed by atoms with Crippen molar-refractivity contribution in [1.29, 1.82) is 0 Å². The summed E-state index contributed by atoms with van der Waals surface area (Å²) in [5, 5.41) is 0. The molecule has 0 N–H and O–H groups in total. The molecule has 1 heteroatoms. The zero-order chi connectivity index (χ0) is 17.0. The van der Waals surface area contributed by atoms with Crippen molar-refractivity contribution < 1.29 is 0 Å². The molecule has 0 radical (unpaired) electrons. The second kappa shape index (κ2) is 10.7. The highest BCUT2D eigenvalue weighted by molar-refractivity contribution is 5.37. The van der Waals surface area contributed by atoms with E-state index in [1.165, 1.54) is 31.2 Å². The number of rotatable bonds is 8. The third-order valence-corrected chi connectivity index (χ3v) is 4.21. The van der Waals surface area contributed by atoms with E-state index >= 15 is 0 Å². The van der Waals surface area contributed by atoms with E-state index in [0.717, 1.165) is 18.7 Å². The summed E-state index contributed by atoms with van der Waals surface area (Å²) in [7, 11) is 0. The van der Waals surface area contributed by atoms with Gasteiger partial charge in [0.05, 0.1) is 6.04 Å². The number of nitrogens with zero attached hydrogens (tertiary/aromatic N) is 1. The molecule has 0 amide bonds. The largest absolute Gasteiger partial charge is 0.286 e. The summed E-state index contributed by atoms with van der Waals surface area (Å²) in [6.07, 6.45) is 4.88. The molecule has 0 spiro atoms. The van der Waals surface area contributed by atoms with Crippen LogP contribution in [-0.4, -0.2) is 18.0 Å². The fraction of sp³-hybridized carbons (Fsp3) is 0.391. The molecule has 24 heavy (non-hydrogen) atoms. The maximum atomic E-state index is 3.55. The van der Waals surface area contributed by atoms with Crippen molar-refractivity contribution in [1.82, 2.24) is 4.90 Å². The first-order valence-electron chi connectivity index (χ1n) is 9.20. The molecule has 0 fully saturated rings. The minimum Gasteiger partial charge on any atom is -0.286 e. The number of hydrogen-bond acceptors (Lipinski definition) is 1. The maximum Gasteiger partial charge on any atom is 0.0974 e. The van der Waals surface area contributed by atoms with Crippen LogP contribution in [0.25, 0.3) is 0 Å². The normalized spacial score (nSPS) is 11.8. The van der Waals surface area contributed by atoms with E-state index in [1.807, 2.05) is 18.2 Å². The van der Waals surface area contributed by atoms with Crippen molar-refractivity contribution >= 4 is 0 Å². The topological polar surface area (TPSA) is 3.24 Å². The third kappa shape index (κ3) is 5.87. The van der Waals surface area contributed by atoms with Crippen molar-refractivity contribution in [3.63, 3.8) is 0 Å². The van der Waals surface area contributed by atoms with Crippen LogP contribution in [0.15, 0.2) is 60.7 Å². The molecule has 126 valence electrons. The summed E-state index contributed by atoms with van der Waals surface area (Å²) >= 11 is 0. The van der Waals surface area contributed by atoms with E-state index < -0.39 is 0 Å². The van der Waals surface area contributed by atoms with Crippen LogP contribution in [0, 0.1) is 11.8 Å². The third-order valence-electron chi connectivity index (χ3n) is 4.21. The summed E-state index contributed by atoms with van der Waals surface area (Å²) in [5.41, 5.74) is 2.39. The van der Waals surface area contributed by atoms with Gasteiger partial charge in [0.25, 0.3) is 0 Å². The molecule has 0 aliphatic rings. The molecule has 0 saturated heterocycles. The summed E-state index contributed by atoms with van der Waals surface area (Å²) in [6, 6.07) is 21.2. The molecular weight excluding hydrogens is 290 g/mol. The van der Waals surface area contributed by atoms with Crippen molar-refractivity contribution in [2.24, 2.45) is 0 Å². The van der Waals surface area contributed by atoms with Crippen LogP contribution in [0.2, 0.25) is 0 Å². The molecule has 0 aromatic heterocycles. The summed E-state index contributed by atoms with van der Waals surface area (Å²) in [5.74, 6) is 6.93. The minimum atomic E-state index is 0.171. The first-order chi connectivity index (χ1) is 11.8. The molecule has 0 aliphatic carbocycles. The molecule has 2 aromatic rings. The van der Waals surface area contributed by atoms with Crippen LogP contribution < -0.4 is 0 Å². The average Bonchev–Trinajstić information content (AvgIpc) is 2.65. The lowest BCUT2D eigenvalue weighted by Gasteiger charge is -2.28. The lowest BCUT2D eigenvalue weighted by atomic mass is 10.0. The molecule has 0 heterocycles. The van der Waals surface area contributed by atoms with Crippen LogP contribution in [0.5, 0.6) is 0 Å². The highest BCUT2D eigenvalue weighted by Gasteiger charge is 2.17. The van der Waals surface area contributed by atoms with Gasteiger partial charge in [-0.2, -0.15) is 0 Å². The molecule has 1 atom stereocenters. The highest BCUT2D eigenvalue weighted by Crippen LogP contribution is 2.21. The van der Waals surface area contributed by atoms with Crippen LogP contribution >= 0.6 is 0 Å². The van der Waals surface area contributed by atoms with Gasteiger partial charge in [-0.05, 0) is 43.6 Å². The van der Waals surface area contributed by atoms with Crippen molar-refractivity contribution in [3.8, 4) is 11.8 Å². The van der Waals surface area contributed by atoms with Crippen molar-refractivity contribution in [3.05, 3.63) is 71.8 Å². The fourth-order valence-electron chi connectivity index (χ4n) is 2.79. The summed E-state index contributed by atoms with van der Waals surface area (Å²) < 4.78 is 0. The zero-order valence-electron chi connectivity index (χ0n) is 15.0. The Labute approximate surface area is 147 Å². The highest BCUT2D eigenvalue weighted by atomic mass is 15.1. The van der Waals surface area contributed by atoms with Gasteiger partial charge >= 0.3 is 0 Å². The second-order valence-electron chi connectivity index (χ2n) is 6.19. The minimum absolute atomic E-state index is 0.171. The molecule has 2 aromatic carbocycles. The molecule has 0 bridgehead atoms. The van der Waals surface area contributed by atoms with Gasteiger partial charge in [-0.15, -0.1) is 0 Å². The van der Waals surface area contributed by atoms with E-state index in [9.17, 15) is 0 Å². The fourth-order valence-corrected chi connectivity index (χ4v) is 2.79. The molecular formula is C23H29N. The van der Waals surface area contributed by atoms with E-state index in [0.29, 0.717) is 0 Å². The average molecular weight is 319 g/mol. The number of benzene rings is 2. The van der Waals surface area contributed by atoms with Gasteiger partial charge in [0.15, 0.2) is 0 Å². The van der Waals surface area contributed by atoms with E-state index in [4.69, 9.17) is 0 Å². The summed E-state index contributed by atoms with van der Waals surface area (Å²) in [4.78, 5) is 2.55. The molecule has 1 nitrogen and oxygen atoms in total. The zero-order valence-corrected chi connectivity index (χ0v) is 15.0. The van der Waals surface area contributed by atoms with Gasteiger partial charge in [0, 0.05) is 5.56 Å². The Bertz CT molecular complexity index is 613. The second-order valence-corrected chi connectivity index (χ2v) is 6.19. The molecule has 0 aliphatic heterocycles. The van der Waals surface area contributed by atoms with Gasteiger partial charge in [-0.25, -0.2) is 0 Å². The Morgan fingerprint density at radius 2 is 1.33 bits per heavy atom. The van der Waals surface area contributed by atoms with Gasteiger partial charge in [-0.3, -0.25) is 4.90 Å². The Morgan fingerprint density at radius 3 is 1.88 bits per heavy atom. The van der Waals surface area contributed by atoms with Crippen LogP contribution in [0.3, 0.4) is 0 Å². The van der Waals surface area contributed by atoms with Crippen LogP contribution in [-0.2, 0) is 0 Å². The van der Waals surface area contributed by atoms with Gasteiger partial charge in [0.1, 0.15) is 0 Å². The van der Waals surface area contributed by atoms with E-state index in [1.54, 1.807) is 0 Å². The molecule has 2 rings (SSSR count). The van der Waals surface area contributed by atoms with Crippen molar-refractivity contribution in [2.75, 3.05) is 13.1 Å². The lowest BCUT2D eigenvalue weighted by molar-refractivity contribution is 0.230. The Kier molecular flexibility index (Phi) is 8.15. The standard InChI is InChI=1S/C23H29N/c1-3-5-19-24(20-6-4-2)23(22-15-11-8-12-16-22)18-17-21-13-9-7-10-14-21/h7-16,23H,3-6,19-20H2,1-2H3. The predicted molar refractivity (Wildman–Crippen MR) is 104 cm³/mol. The molecule has 1 unspecified atom stereocenters.